The van der Waals surface area contributed by atoms with E-state index >= 15 is 0 Å². The van der Waals surface area contributed by atoms with Gasteiger partial charge in [-0.2, -0.15) is 0 Å². The van der Waals surface area contributed by atoms with Crippen LogP contribution < -0.4 is 0 Å². The largest absolute Gasteiger partial charge is 0.0842 e. The minimum absolute atomic E-state index is 1.23. The Kier molecular flexibility index (Phi) is 3.95. The third-order valence-electron chi connectivity index (χ3n) is 2.54. The Morgan fingerprint density at radius 2 is 0.938 bits per heavy atom. The molecule has 0 heteroatoms. The van der Waals surface area contributed by atoms with Gasteiger partial charge in [0.2, 0.25) is 0 Å². The fourth-order valence-electron chi connectivity index (χ4n) is 1.67. The molecule has 0 atom stereocenters. The maximum absolute atomic E-state index is 2.18. The Labute approximate surface area is 96.9 Å². The van der Waals surface area contributed by atoms with Crippen LogP contribution in [0.4, 0.5) is 0 Å². The average Bonchev–Trinajstić information content (AvgIpc) is 2.42. The first-order chi connectivity index (χ1) is 7.97. The van der Waals surface area contributed by atoms with Crippen LogP contribution in [0.5, 0.6) is 0 Å². The lowest BCUT2D eigenvalue weighted by molar-refractivity contribution is 1.04. The van der Waals surface area contributed by atoms with E-state index in [9.17, 15) is 0 Å². The highest BCUT2D eigenvalue weighted by Crippen LogP contribution is 2.11. The van der Waals surface area contributed by atoms with Crippen LogP contribution in [0.25, 0.3) is 10.8 Å². The molecule has 0 amide bonds. The SMILES string of the molecule is C1=CCCC=C1.c1ccc2ccccc2c1. The molecule has 0 N–H and O–H groups in total. The van der Waals surface area contributed by atoms with Gasteiger partial charge in [-0.25, -0.2) is 0 Å². The van der Waals surface area contributed by atoms with E-state index in [0.717, 1.165) is 0 Å². The molecular weight excluding hydrogens is 192 g/mol. The van der Waals surface area contributed by atoms with Crippen LogP contribution in [-0.2, 0) is 0 Å². The molecule has 80 valence electrons. The minimum Gasteiger partial charge on any atom is -0.0842 e. The van der Waals surface area contributed by atoms with Crippen LogP contribution >= 0.6 is 0 Å². The normalized spacial score (nSPS) is 13.2. The van der Waals surface area contributed by atoms with Crippen molar-refractivity contribution in [2.45, 2.75) is 12.8 Å². The first-order valence-corrected chi connectivity index (χ1v) is 5.72. The van der Waals surface area contributed by atoms with Crippen molar-refractivity contribution in [1.29, 1.82) is 0 Å². The quantitative estimate of drug-likeness (QED) is 0.587. The van der Waals surface area contributed by atoms with Crippen molar-refractivity contribution in [3.63, 3.8) is 0 Å². The Bertz CT molecular complexity index is 415. The molecule has 3 rings (SSSR count). The predicted molar refractivity (Wildman–Crippen MR) is 71.5 cm³/mol. The molecule has 2 aromatic carbocycles. The molecular formula is C16H16. The standard InChI is InChI=1S/C10H8.C6H8/c1-2-6-10-8-4-3-7-9(10)5-1;1-2-4-6-5-3-1/h1-8H;1-4H,5-6H2. The number of allylic oxidation sites excluding steroid dienone is 4. The van der Waals surface area contributed by atoms with Crippen LogP contribution in [0.15, 0.2) is 72.8 Å². The van der Waals surface area contributed by atoms with Gasteiger partial charge in [0.1, 0.15) is 0 Å². The molecule has 2 aromatic rings. The lowest BCUT2D eigenvalue weighted by Crippen LogP contribution is -1.67. The summed E-state index contributed by atoms with van der Waals surface area (Å²) in [4.78, 5) is 0. The second-order valence-electron chi connectivity index (χ2n) is 3.78. The Hall–Kier alpha value is -1.82. The fourth-order valence-corrected chi connectivity index (χ4v) is 1.67. The van der Waals surface area contributed by atoms with Crippen molar-refractivity contribution in [3.05, 3.63) is 72.8 Å². The summed E-state index contributed by atoms with van der Waals surface area (Å²) in [5.41, 5.74) is 0. The van der Waals surface area contributed by atoms with E-state index in [1.165, 1.54) is 23.6 Å². The van der Waals surface area contributed by atoms with Gasteiger partial charge in [-0.3, -0.25) is 0 Å². The third-order valence-corrected chi connectivity index (χ3v) is 2.54. The highest BCUT2D eigenvalue weighted by atomic mass is 13.9. The molecule has 0 nitrogen and oxygen atoms in total. The first-order valence-electron chi connectivity index (χ1n) is 5.72. The van der Waals surface area contributed by atoms with Gasteiger partial charge in [0.15, 0.2) is 0 Å². The van der Waals surface area contributed by atoms with Crippen LogP contribution in [0.2, 0.25) is 0 Å². The number of hydrogen-bond donors (Lipinski definition) is 0. The smallest absolute Gasteiger partial charge is 0.0184 e. The highest BCUT2D eigenvalue weighted by molar-refractivity contribution is 5.81. The summed E-state index contributed by atoms with van der Waals surface area (Å²) in [6.07, 6.45) is 11.0. The van der Waals surface area contributed by atoms with Crippen molar-refractivity contribution in [2.75, 3.05) is 0 Å². The molecule has 1 aliphatic rings. The lowest BCUT2D eigenvalue weighted by Gasteiger charge is -1.92. The van der Waals surface area contributed by atoms with Gasteiger partial charge in [-0.1, -0.05) is 72.8 Å². The van der Waals surface area contributed by atoms with E-state index in [1.807, 2.05) is 0 Å². The molecule has 1 aliphatic carbocycles. The van der Waals surface area contributed by atoms with Crippen molar-refractivity contribution in [3.8, 4) is 0 Å². The Morgan fingerprint density at radius 1 is 0.562 bits per heavy atom. The molecule has 0 saturated carbocycles. The summed E-state index contributed by atoms with van der Waals surface area (Å²) < 4.78 is 0. The topological polar surface area (TPSA) is 0 Å². The van der Waals surface area contributed by atoms with Crippen LogP contribution in [-0.4, -0.2) is 0 Å². The molecule has 0 aliphatic heterocycles. The molecule has 0 radical (unpaired) electrons. The zero-order chi connectivity index (χ0) is 11.1. The summed E-state index contributed by atoms with van der Waals surface area (Å²) in [6, 6.07) is 16.7. The first kappa shape index (κ1) is 10.7. The second kappa shape index (κ2) is 5.92. The highest BCUT2D eigenvalue weighted by Gasteiger charge is 1.85. The maximum Gasteiger partial charge on any atom is -0.0184 e. The van der Waals surface area contributed by atoms with Crippen LogP contribution in [0.3, 0.4) is 0 Å². The molecule has 0 spiro atoms. The van der Waals surface area contributed by atoms with E-state index in [2.05, 4.69) is 72.8 Å². The van der Waals surface area contributed by atoms with Crippen molar-refractivity contribution < 1.29 is 0 Å². The Morgan fingerprint density at radius 3 is 1.19 bits per heavy atom. The fraction of sp³-hybridized carbons (Fsp3) is 0.125. The third kappa shape index (κ3) is 3.09. The molecule has 0 saturated heterocycles. The second-order valence-corrected chi connectivity index (χ2v) is 3.78. The number of fused-ring (bicyclic) bond motifs is 1. The van der Waals surface area contributed by atoms with Gasteiger partial charge in [-0.05, 0) is 23.6 Å². The van der Waals surface area contributed by atoms with Gasteiger partial charge >= 0.3 is 0 Å². The van der Waals surface area contributed by atoms with E-state index in [1.54, 1.807) is 0 Å². The van der Waals surface area contributed by atoms with Crippen molar-refractivity contribution >= 4 is 10.8 Å². The van der Waals surface area contributed by atoms with Gasteiger partial charge in [0.25, 0.3) is 0 Å². The summed E-state index contributed by atoms with van der Waals surface area (Å²) >= 11 is 0. The van der Waals surface area contributed by atoms with Crippen LogP contribution in [0.1, 0.15) is 12.8 Å². The van der Waals surface area contributed by atoms with E-state index in [-0.39, 0.29) is 0 Å². The summed E-state index contributed by atoms with van der Waals surface area (Å²) in [6.45, 7) is 0. The van der Waals surface area contributed by atoms with Crippen LogP contribution in [0, 0.1) is 0 Å². The zero-order valence-electron chi connectivity index (χ0n) is 9.34. The summed E-state index contributed by atoms with van der Waals surface area (Å²) in [7, 11) is 0. The zero-order valence-corrected chi connectivity index (χ0v) is 9.34. The van der Waals surface area contributed by atoms with Crippen molar-refractivity contribution in [1.82, 2.24) is 0 Å². The van der Waals surface area contributed by atoms with Gasteiger partial charge in [0, 0.05) is 0 Å². The van der Waals surface area contributed by atoms with E-state index in [4.69, 9.17) is 0 Å². The van der Waals surface area contributed by atoms with E-state index in [0.29, 0.717) is 0 Å². The molecule has 0 bridgehead atoms. The Balaban J connectivity index is 0.000000138. The summed E-state index contributed by atoms with van der Waals surface area (Å²) in [5.74, 6) is 0. The van der Waals surface area contributed by atoms with E-state index < -0.39 is 0 Å². The van der Waals surface area contributed by atoms with Gasteiger partial charge in [-0.15, -0.1) is 0 Å². The molecule has 0 heterocycles. The van der Waals surface area contributed by atoms with Gasteiger partial charge < -0.3 is 0 Å². The van der Waals surface area contributed by atoms with Gasteiger partial charge in [0.05, 0.1) is 0 Å². The average molecular weight is 208 g/mol. The number of hydrogen-bond acceptors (Lipinski definition) is 0. The molecule has 0 fully saturated rings. The monoisotopic (exact) mass is 208 g/mol. The van der Waals surface area contributed by atoms with Crippen molar-refractivity contribution in [2.24, 2.45) is 0 Å². The predicted octanol–water partition coefficient (Wildman–Crippen LogP) is 4.73. The molecule has 0 unspecified atom stereocenters. The molecule has 0 aromatic heterocycles. The summed E-state index contributed by atoms with van der Waals surface area (Å²) in [5, 5.41) is 2.62. The molecule has 16 heavy (non-hydrogen) atoms. The number of rotatable bonds is 0. The number of benzene rings is 2. The minimum atomic E-state index is 1.23. The maximum atomic E-state index is 2.18. The lowest BCUT2D eigenvalue weighted by atomic mass is 10.1.